The summed E-state index contributed by atoms with van der Waals surface area (Å²) in [6.45, 7) is 3.81. The van der Waals surface area contributed by atoms with Crippen molar-refractivity contribution < 1.29 is 19.4 Å². The van der Waals surface area contributed by atoms with Gasteiger partial charge in [-0.3, -0.25) is 4.79 Å². The summed E-state index contributed by atoms with van der Waals surface area (Å²) in [6.07, 6.45) is 0. The number of fused-ring (bicyclic) bond motifs is 1. The van der Waals surface area contributed by atoms with Gasteiger partial charge in [0.15, 0.2) is 5.13 Å². The van der Waals surface area contributed by atoms with E-state index in [0.717, 1.165) is 22.5 Å². The highest BCUT2D eigenvalue weighted by Gasteiger charge is 2.50. The highest BCUT2D eigenvalue weighted by molar-refractivity contribution is 7.16. The molecule has 1 aliphatic rings. The maximum absolute atomic E-state index is 13.0. The molecule has 0 saturated carbocycles. The summed E-state index contributed by atoms with van der Waals surface area (Å²) < 4.78 is 10.8. The third-order valence-electron chi connectivity index (χ3n) is 5.07. The fraction of sp³-hybridized carbons (Fsp3) is 0.238. The topological polar surface area (TPSA) is 107 Å². The first-order chi connectivity index (χ1) is 13.8. The van der Waals surface area contributed by atoms with E-state index in [0.29, 0.717) is 38.9 Å². The van der Waals surface area contributed by atoms with Gasteiger partial charge in [0.25, 0.3) is 5.91 Å². The summed E-state index contributed by atoms with van der Waals surface area (Å²) in [5, 5.41) is 14.8. The molecule has 0 saturated heterocycles. The highest BCUT2D eigenvalue weighted by Crippen LogP contribution is 2.49. The van der Waals surface area contributed by atoms with Gasteiger partial charge in [0, 0.05) is 11.1 Å². The lowest BCUT2D eigenvalue weighted by molar-refractivity contribution is -0.129. The Morgan fingerprint density at radius 3 is 2.62 bits per heavy atom. The van der Waals surface area contributed by atoms with Gasteiger partial charge in [0.2, 0.25) is 5.60 Å². The molecule has 1 aromatic heterocycles. The number of rotatable bonds is 4. The second kappa shape index (κ2) is 6.75. The summed E-state index contributed by atoms with van der Waals surface area (Å²) in [5.41, 5.74) is 7.99. The van der Waals surface area contributed by atoms with Crippen molar-refractivity contribution >= 4 is 28.1 Å². The van der Waals surface area contributed by atoms with Crippen molar-refractivity contribution in [3.63, 3.8) is 0 Å². The molecule has 150 valence electrons. The quantitative estimate of drug-likeness (QED) is 0.609. The van der Waals surface area contributed by atoms with Gasteiger partial charge >= 0.3 is 0 Å². The monoisotopic (exact) mass is 411 g/mol. The third-order valence-corrected chi connectivity index (χ3v) is 6.06. The zero-order chi connectivity index (χ0) is 20.9. The Morgan fingerprint density at radius 1 is 1.17 bits per heavy atom. The Kier molecular flexibility index (Phi) is 4.48. The van der Waals surface area contributed by atoms with Gasteiger partial charge in [-0.25, -0.2) is 4.98 Å². The number of thiazole rings is 1. The second-order valence-corrected chi connectivity index (χ2v) is 8.00. The molecule has 2 heterocycles. The van der Waals surface area contributed by atoms with E-state index in [1.807, 2.05) is 26.0 Å². The summed E-state index contributed by atoms with van der Waals surface area (Å²) in [6, 6.07) is 9.02. The minimum Gasteiger partial charge on any atom is -0.497 e. The fourth-order valence-electron chi connectivity index (χ4n) is 3.73. The van der Waals surface area contributed by atoms with E-state index >= 15 is 0 Å². The number of nitrogens with zero attached hydrogens (tertiary/aromatic N) is 1. The van der Waals surface area contributed by atoms with Crippen molar-refractivity contribution in [2.24, 2.45) is 0 Å². The zero-order valence-electron chi connectivity index (χ0n) is 16.5. The minimum absolute atomic E-state index is 0.235. The molecule has 4 N–H and O–H groups in total. The van der Waals surface area contributed by atoms with Crippen LogP contribution >= 0.6 is 11.3 Å². The van der Waals surface area contributed by atoms with Crippen molar-refractivity contribution in [2.75, 3.05) is 25.3 Å². The predicted molar refractivity (Wildman–Crippen MR) is 113 cm³/mol. The van der Waals surface area contributed by atoms with Crippen molar-refractivity contribution in [1.82, 2.24) is 4.98 Å². The summed E-state index contributed by atoms with van der Waals surface area (Å²) in [7, 11) is 3.10. The third kappa shape index (κ3) is 2.83. The van der Waals surface area contributed by atoms with Crippen LogP contribution in [0.25, 0.3) is 11.3 Å². The van der Waals surface area contributed by atoms with E-state index in [1.54, 1.807) is 32.4 Å². The predicted octanol–water partition coefficient (Wildman–Crippen LogP) is 3.21. The van der Waals surface area contributed by atoms with Gasteiger partial charge in [-0.2, -0.15) is 0 Å². The maximum Gasteiger partial charge on any atom is 0.266 e. The maximum atomic E-state index is 13.0. The number of hydrogen-bond acceptors (Lipinski definition) is 7. The molecule has 0 aliphatic carbocycles. The largest absolute Gasteiger partial charge is 0.497 e. The van der Waals surface area contributed by atoms with Crippen LogP contribution in [0.1, 0.15) is 21.6 Å². The molecule has 3 aromatic rings. The van der Waals surface area contributed by atoms with Crippen LogP contribution in [0.2, 0.25) is 0 Å². The molecule has 1 atom stereocenters. The normalized spacial score (nSPS) is 17.8. The van der Waals surface area contributed by atoms with Crippen LogP contribution in [0, 0.1) is 13.8 Å². The number of carbonyl (C=O) groups excluding carboxylic acids is 1. The van der Waals surface area contributed by atoms with Crippen LogP contribution in [-0.2, 0) is 10.4 Å². The molecule has 29 heavy (non-hydrogen) atoms. The van der Waals surface area contributed by atoms with E-state index in [2.05, 4.69) is 10.3 Å². The summed E-state index contributed by atoms with van der Waals surface area (Å²) >= 11 is 1.08. The molecule has 1 aliphatic heterocycles. The summed E-state index contributed by atoms with van der Waals surface area (Å²) in [5.74, 6) is 0.584. The number of nitrogens with one attached hydrogen (secondary N) is 1. The van der Waals surface area contributed by atoms with Gasteiger partial charge in [0.05, 0.1) is 30.5 Å². The smallest absolute Gasteiger partial charge is 0.266 e. The molecule has 0 spiro atoms. The van der Waals surface area contributed by atoms with Gasteiger partial charge < -0.3 is 25.6 Å². The average Bonchev–Trinajstić information content (AvgIpc) is 3.21. The number of ether oxygens (including phenoxy) is 2. The molecule has 8 heteroatoms. The van der Waals surface area contributed by atoms with Crippen molar-refractivity contribution in [3.8, 4) is 22.8 Å². The number of nitrogens with two attached hydrogens (primary N) is 1. The fourth-order valence-corrected chi connectivity index (χ4v) is 4.68. The number of hydrogen-bond donors (Lipinski definition) is 3. The molecular formula is C21H21N3O4S. The minimum atomic E-state index is -1.91. The van der Waals surface area contributed by atoms with E-state index in [4.69, 9.17) is 15.2 Å². The number of aryl methyl sites for hydroxylation is 2. The first-order valence-corrected chi connectivity index (χ1v) is 9.76. The Labute approximate surface area is 172 Å². The van der Waals surface area contributed by atoms with E-state index in [-0.39, 0.29) is 5.13 Å². The van der Waals surface area contributed by atoms with Crippen LogP contribution in [-0.4, -0.2) is 30.2 Å². The van der Waals surface area contributed by atoms with Crippen LogP contribution < -0.4 is 20.5 Å². The van der Waals surface area contributed by atoms with Crippen molar-refractivity contribution in [1.29, 1.82) is 0 Å². The van der Waals surface area contributed by atoms with E-state index in [1.165, 1.54) is 0 Å². The number of nitrogen functional groups attached to an aromatic ring is 1. The summed E-state index contributed by atoms with van der Waals surface area (Å²) in [4.78, 5) is 17.8. The lowest BCUT2D eigenvalue weighted by Crippen LogP contribution is -2.35. The molecule has 1 amide bonds. The highest BCUT2D eigenvalue weighted by atomic mass is 32.1. The first kappa shape index (κ1) is 19.2. The Balaban J connectivity index is 2.00. The molecule has 0 unspecified atom stereocenters. The number of carbonyl (C=O) groups is 1. The number of amides is 1. The SMILES string of the molecule is COc1ccc(OC)c(-c2nc(N)sc2[C@]2(O)C(=O)Nc3c(C)cc(C)cc32)c1. The van der Waals surface area contributed by atoms with Crippen molar-refractivity contribution in [3.05, 3.63) is 51.9 Å². The molecule has 7 nitrogen and oxygen atoms in total. The standard InChI is InChI=1S/C21H21N3O4S/c1-10-7-11(2)16-14(8-10)21(26,19(25)23-16)18-17(24-20(22)29-18)13-9-12(27-3)5-6-15(13)28-4/h5-9,26H,1-4H3,(H2,22,24)(H,23,25)/t21-/m0/s1. The van der Waals surface area contributed by atoms with Crippen LogP contribution in [0.4, 0.5) is 10.8 Å². The number of benzene rings is 2. The lowest BCUT2D eigenvalue weighted by atomic mass is 9.89. The number of aromatic nitrogens is 1. The van der Waals surface area contributed by atoms with E-state index < -0.39 is 11.5 Å². The molecule has 0 bridgehead atoms. The molecule has 0 fully saturated rings. The Hall–Kier alpha value is -3.10. The van der Waals surface area contributed by atoms with Crippen LogP contribution in [0.15, 0.2) is 30.3 Å². The van der Waals surface area contributed by atoms with Crippen molar-refractivity contribution in [2.45, 2.75) is 19.4 Å². The Bertz CT molecular complexity index is 1140. The van der Waals surface area contributed by atoms with Gasteiger partial charge in [-0.05, 0) is 37.6 Å². The number of anilines is 2. The van der Waals surface area contributed by atoms with Crippen LogP contribution in [0.3, 0.4) is 0 Å². The molecule has 4 rings (SSSR count). The van der Waals surface area contributed by atoms with Gasteiger partial charge in [-0.1, -0.05) is 29.0 Å². The Morgan fingerprint density at radius 2 is 1.93 bits per heavy atom. The van der Waals surface area contributed by atoms with E-state index in [9.17, 15) is 9.90 Å². The lowest BCUT2D eigenvalue weighted by Gasteiger charge is -2.22. The first-order valence-electron chi connectivity index (χ1n) is 8.94. The second-order valence-electron chi connectivity index (χ2n) is 6.96. The molecule has 0 radical (unpaired) electrons. The molecular weight excluding hydrogens is 390 g/mol. The van der Waals surface area contributed by atoms with Gasteiger partial charge in [-0.15, -0.1) is 0 Å². The molecule has 2 aromatic carbocycles. The van der Waals surface area contributed by atoms with Crippen LogP contribution in [0.5, 0.6) is 11.5 Å². The average molecular weight is 411 g/mol. The zero-order valence-corrected chi connectivity index (χ0v) is 17.3. The number of aliphatic hydroxyl groups is 1. The van der Waals surface area contributed by atoms with Gasteiger partial charge in [0.1, 0.15) is 11.5 Å². The number of methoxy groups -OCH3 is 2.